The van der Waals surface area contributed by atoms with Gasteiger partial charge in [0.05, 0.1) is 5.69 Å². The van der Waals surface area contributed by atoms with E-state index in [2.05, 4.69) is 16.9 Å². The first kappa shape index (κ1) is 13.2. The Kier molecular flexibility index (Phi) is 3.52. The molecule has 1 N–H and O–H groups in total. The lowest BCUT2D eigenvalue weighted by atomic mass is 9.79. The minimum absolute atomic E-state index is 0.129. The molecule has 1 aromatic heterocycles. The van der Waals surface area contributed by atoms with E-state index in [-0.39, 0.29) is 5.69 Å². The maximum Gasteiger partial charge on any atom is 0.287 e. The van der Waals surface area contributed by atoms with Crippen LogP contribution >= 0.6 is 0 Å². The Morgan fingerprint density at radius 2 is 2.06 bits per heavy atom. The van der Waals surface area contributed by atoms with Crippen molar-refractivity contribution in [1.29, 1.82) is 0 Å². The molecule has 0 radical (unpaired) electrons. The summed E-state index contributed by atoms with van der Waals surface area (Å²) in [5.74, 6) is 0.302. The molecule has 0 aromatic carbocycles. The van der Waals surface area contributed by atoms with Gasteiger partial charge in [0, 0.05) is 7.11 Å². The highest BCUT2D eigenvalue weighted by Gasteiger charge is 2.38. The van der Waals surface area contributed by atoms with Gasteiger partial charge in [0.2, 0.25) is 5.82 Å². The van der Waals surface area contributed by atoms with E-state index in [0.29, 0.717) is 11.7 Å². The molecule has 2 rings (SSSR count). The van der Waals surface area contributed by atoms with Crippen molar-refractivity contribution in [2.45, 2.75) is 45.1 Å². The molecule has 100 valence electrons. The Labute approximate surface area is 106 Å². The molecule has 0 bridgehead atoms. The molecule has 1 fully saturated rings. The largest absolute Gasteiger partial charge is 0.370 e. The molecule has 1 aromatic rings. The first-order valence-electron chi connectivity index (χ1n) is 6.30. The Morgan fingerprint density at radius 3 is 2.56 bits per heavy atom. The van der Waals surface area contributed by atoms with Gasteiger partial charge < -0.3 is 9.72 Å². The van der Waals surface area contributed by atoms with Crippen LogP contribution in [-0.4, -0.2) is 17.1 Å². The van der Waals surface area contributed by atoms with Crippen LogP contribution in [0.4, 0.5) is 4.39 Å². The van der Waals surface area contributed by atoms with Gasteiger partial charge in [0.25, 0.3) is 5.56 Å². The summed E-state index contributed by atoms with van der Waals surface area (Å²) in [5, 5.41) is 0. The number of hydrogen-bond donors (Lipinski definition) is 1. The van der Waals surface area contributed by atoms with E-state index in [9.17, 15) is 9.18 Å². The number of nitrogens with zero attached hydrogens (tertiary/aromatic N) is 1. The summed E-state index contributed by atoms with van der Waals surface area (Å²) in [7, 11) is 1.62. The number of methoxy groups -OCH3 is 1. The lowest BCUT2D eigenvalue weighted by Gasteiger charge is -2.37. The van der Waals surface area contributed by atoms with Crippen LogP contribution in [0.3, 0.4) is 0 Å². The average Bonchev–Trinajstić information content (AvgIpc) is 2.37. The molecular weight excluding hydrogens is 235 g/mol. The number of rotatable bonds is 2. The fourth-order valence-corrected chi connectivity index (χ4v) is 2.55. The average molecular weight is 254 g/mol. The van der Waals surface area contributed by atoms with Crippen molar-refractivity contribution < 1.29 is 9.13 Å². The zero-order valence-electron chi connectivity index (χ0n) is 11.0. The van der Waals surface area contributed by atoms with Crippen LogP contribution in [0, 0.1) is 18.7 Å². The van der Waals surface area contributed by atoms with Crippen molar-refractivity contribution in [3.63, 3.8) is 0 Å². The number of aryl methyl sites for hydroxylation is 1. The van der Waals surface area contributed by atoms with Crippen LogP contribution in [0.15, 0.2) is 4.79 Å². The summed E-state index contributed by atoms with van der Waals surface area (Å²) >= 11 is 0. The van der Waals surface area contributed by atoms with Crippen molar-refractivity contribution in [2.75, 3.05) is 7.11 Å². The van der Waals surface area contributed by atoms with E-state index in [0.717, 1.165) is 25.7 Å². The second kappa shape index (κ2) is 4.80. The molecule has 0 atom stereocenters. The number of H-pyrrole nitrogens is 1. The molecule has 0 amide bonds. The molecule has 1 aliphatic rings. The van der Waals surface area contributed by atoms with Gasteiger partial charge in [0.15, 0.2) is 0 Å². The molecular formula is C13H19FN2O2. The van der Waals surface area contributed by atoms with Gasteiger partial charge in [-0.25, -0.2) is 4.98 Å². The quantitative estimate of drug-likeness (QED) is 0.880. The third kappa shape index (κ3) is 2.19. The van der Waals surface area contributed by atoms with Crippen LogP contribution in [0.1, 0.15) is 44.1 Å². The molecule has 4 nitrogen and oxygen atoms in total. The topological polar surface area (TPSA) is 55.0 Å². The van der Waals surface area contributed by atoms with Gasteiger partial charge in [0.1, 0.15) is 11.4 Å². The Morgan fingerprint density at radius 1 is 1.44 bits per heavy atom. The second-order valence-electron chi connectivity index (χ2n) is 5.19. The summed E-state index contributed by atoms with van der Waals surface area (Å²) in [4.78, 5) is 18.2. The third-order valence-corrected chi connectivity index (χ3v) is 3.93. The van der Waals surface area contributed by atoms with Gasteiger partial charge >= 0.3 is 0 Å². The lowest BCUT2D eigenvalue weighted by molar-refractivity contribution is -0.0601. The highest BCUT2D eigenvalue weighted by molar-refractivity contribution is 5.10. The zero-order valence-corrected chi connectivity index (χ0v) is 11.0. The Balaban J connectivity index is 2.42. The summed E-state index contributed by atoms with van der Waals surface area (Å²) in [5.41, 5.74) is -1.15. The van der Waals surface area contributed by atoms with Crippen molar-refractivity contribution in [3.05, 3.63) is 27.7 Å². The lowest BCUT2D eigenvalue weighted by Crippen LogP contribution is -2.37. The van der Waals surface area contributed by atoms with E-state index in [4.69, 9.17) is 4.74 Å². The standard InChI is InChI=1S/C13H19FN2O2/c1-8-4-6-13(18-3,7-5-8)12-15-9(2)10(14)11(17)16-12/h8H,4-7H2,1-3H3,(H,15,16,17). The fraction of sp³-hybridized carbons (Fsp3) is 0.692. The number of hydrogen-bond acceptors (Lipinski definition) is 3. The molecule has 0 unspecified atom stereocenters. The van der Waals surface area contributed by atoms with Crippen LogP contribution in [0.25, 0.3) is 0 Å². The molecule has 1 aliphatic carbocycles. The second-order valence-corrected chi connectivity index (χ2v) is 5.19. The minimum atomic E-state index is -0.811. The highest BCUT2D eigenvalue weighted by atomic mass is 19.1. The number of halogens is 1. The van der Waals surface area contributed by atoms with E-state index in [1.54, 1.807) is 7.11 Å². The van der Waals surface area contributed by atoms with Crippen molar-refractivity contribution in [2.24, 2.45) is 5.92 Å². The van der Waals surface area contributed by atoms with Gasteiger partial charge in [-0.05, 0) is 38.5 Å². The predicted molar refractivity (Wildman–Crippen MR) is 65.9 cm³/mol. The highest BCUT2D eigenvalue weighted by Crippen LogP contribution is 2.40. The summed E-state index contributed by atoms with van der Waals surface area (Å²) < 4.78 is 18.9. The molecule has 1 heterocycles. The minimum Gasteiger partial charge on any atom is -0.370 e. The molecule has 0 spiro atoms. The first-order chi connectivity index (χ1) is 8.48. The van der Waals surface area contributed by atoms with Crippen LogP contribution in [0.5, 0.6) is 0 Å². The van der Waals surface area contributed by atoms with Crippen LogP contribution in [0.2, 0.25) is 0 Å². The number of ether oxygens (including phenoxy) is 1. The van der Waals surface area contributed by atoms with Crippen molar-refractivity contribution in [1.82, 2.24) is 9.97 Å². The van der Waals surface area contributed by atoms with Crippen LogP contribution in [-0.2, 0) is 10.3 Å². The Hall–Kier alpha value is -1.23. The van der Waals surface area contributed by atoms with Crippen molar-refractivity contribution in [3.8, 4) is 0 Å². The van der Waals surface area contributed by atoms with Gasteiger partial charge in [-0.3, -0.25) is 4.79 Å². The summed E-state index contributed by atoms with van der Waals surface area (Å²) in [6, 6.07) is 0. The monoisotopic (exact) mass is 254 g/mol. The SMILES string of the molecule is COC1(c2nc(C)c(F)c(=O)[nH]2)CCC(C)CC1. The number of aromatic amines is 1. The molecule has 18 heavy (non-hydrogen) atoms. The Bertz CT molecular complexity index is 490. The molecule has 1 saturated carbocycles. The predicted octanol–water partition coefficient (Wildman–Crippen LogP) is 2.27. The zero-order chi connectivity index (χ0) is 13.3. The van der Waals surface area contributed by atoms with Crippen LogP contribution < -0.4 is 5.56 Å². The normalized spacial score (nSPS) is 28.3. The maximum atomic E-state index is 13.3. The molecule has 0 saturated heterocycles. The van der Waals surface area contributed by atoms with Crippen molar-refractivity contribution >= 4 is 0 Å². The van der Waals surface area contributed by atoms with E-state index in [1.165, 1.54) is 6.92 Å². The van der Waals surface area contributed by atoms with Gasteiger partial charge in [-0.1, -0.05) is 6.92 Å². The summed E-state index contributed by atoms with van der Waals surface area (Å²) in [6.45, 7) is 3.70. The van der Waals surface area contributed by atoms with Gasteiger partial charge in [-0.15, -0.1) is 0 Å². The number of nitrogens with one attached hydrogen (secondary N) is 1. The summed E-state index contributed by atoms with van der Waals surface area (Å²) in [6.07, 6.45) is 3.65. The maximum absolute atomic E-state index is 13.3. The van der Waals surface area contributed by atoms with E-state index in [1.807, 2.05) is 0 Å². The first-order valence-corrected chi connectivity index (χ1v) is 6.30. The fourth-order valence-electron chi connectivity index (χ4n) is 2.55. The van der Waals surface area contributed by atoms with Gasteiger partial charge in [-0.2, -0.15) is 4.39 Å². The smallest absolute Gasteiger partial charge is 0.287 e. The third-order valence-electron chi connectivity index (χ3n) is 3.93. The molecule has 0 aliphatic heterocycles. The van der Waals surface area contributed by atoms with E-state index >= 15 is 0 Å². The van der Waals surface area contributed by atoms with E-state index < -0.39 is 17.0 Å². The number of aromatic nitrogens is 2. The molecule has 5 heteroatoms.